The molecule has 0 spiro atoms. The number of aryl methyl sites for hydroxylation is 1. The monoisotopic (exact) mass is 193 g/mol. The Morgan fingerprint density at radius 1 is 1.29 bits per heavy atom. The first-order chi connectivity index (χ1) is 6.63. The van der Waals surface area contributed by atoms with Gasteiger partial charge in [0.2, 0.25) is 0 Å². The van der Waals surface area contributed by atoms with Gasteiger partial charge in [0.15, 0.2) is 0 Å². The molecule has 4 N–H and O–H groups in total. The molecule has 14 heavy (non-hydrogen) atoms. The molecule has 3 heteroatoms. The number of likely N-dealkylation sites (N-methyl/N-ethyl adjacent to an activating group) is 1. The smallest absolute Gasteiger partial charge is 0.0364 e. The van der Waals surface area contributed by atoms with Crippen molar-refractivity contribution >= 4 is 5.69 Å². The zero-order valence-corrected chi connectivity index (χ0v) is 8.90. The summed E-state index contributed by atoms with van der Waals surface area (Å²) in [6, 6.07) is 8.43. The van der Waals surface area contributed by atoms with Gasteiger partial charge in [0.05, 0.1) is 0 Å². The average molecular weight is 193 g/mol. The number of hydrogen-bond donors (Lipinski definition) is 2. The molecule has 1 aromatic carbocycles. The summed E-state index contributed by atoms with van der Waals surface area (Å²) in [4.78, 5) is 2.12. The highest BCUT2D eigenvalue weighted by Gasteiger charge is 2.05. The second-order valence-corrected chi connectivity index (χ2v) is 3.71. The Kier molecular flexibility index (Phi) is 3.92. The first-order valence-electron chi connectivity index (χ1n) is 4.87. The third-order valence-corrected chi connectivity index (χ3v) is 2.29. The van der Waals surface area contributed by atoms with Crippen LogP contribution in [-0.2, 0) is 0 Å². The molecular formula is C11H19N3. The summed E-state index contributed by atoms with van der Waals surface area (Å²) in [7, 11) is 2.03. The number of hydrogen-bond acceptors (Lipinski definition) is 3. The molecule has 1 unspecified atom stereocenters. The van der Waals surface area contributed by atoms with Gasteiger partial charge in [-0.1, -0.05) is 17.7 Å². The summed E-state index contributed by atoms with van der Waals surface area (Å²) < 4.78 is 0. The minimum Gasteiger partial charge on any atom is -0.373 e. The Morgan fingerprint density at radius 2 is 1.86 bits per heavy atom. The molecule has 1 rings (SSSR count). The number of anilines is 1. The van der Waals surface area contributed by atoms with Gasteiger partial charge in [-0.15, -0.1) is 0 Å². The predicted molar refractivity (Wildman–Crippen MR) is 61.5 cm³/mol. The summed E-state index contributed by atoms with van der Waals surface area (Å²) in [6.07, 6.45) is 0. The molecule has 0 fully saturated rings. The fraction of sp³-hybridized carbons (Fsp3) is 0.455. The van der Waals surface area contributed by atoms with Gasteiger partial charge in [-0.3, -0.25) is 0 Å². The number of rotatable bonds is 4. The Bertz CT molecular complexity index is 268. The van der Waals surface area contributed by atoms with Crippen molar-refractivity contribution in [2.75, 3.05) is 25.0 Å². The fourth-order valence-corrected chi connectivity index (χ4v) is 1.33. The molecule has 78 valence electrons. The molecule has 3 nitrogen and oxygen atoms in total. The van der Waals surface area contributed by atoms with E-state index in [4.69, 9.17) is 11.5 Å². The van der Waals surface area contributed by atoms with Crippen LogP contribution in [0.3, 0.4) is 0 Å². The summed E-state index contributed by atoms with van der Waals surface area (Å²) in [6.45, 7) is 3.39. The van der Waals surface area contributed by atoms with Crippen molar-refractivity contribution in [3.05, 3.63) is 29.8 Å². The van der Waals surface area contributed by atoms with Gasteiger partial charge in [-0.05, 0) is 19.1 Å². The summed E-state index contributed by atoms with van der Waals surface area (Å²) >= 11 is 0. The molecule has 1 atom stereocenters. The average Bonchev–Trinajstić information content (AvgIpc) is 2.18. The van der Waals surface area contributed by atoms with Crippen LogP contribution in [-0.4, -0.2) is 26.2 Å². The Balaban J connectivity index is 2.60. The van der Waals surface area contributed by atoms with Crippen molar-refractivity contribution in [2.45, 2.75) is 13.0 Å². The van der Waals surface area contributed by atoms with Crippen LogP contribution in [0.2, 0.25) is 0 Å². The lowest BCUT2D eigenvalue weighted by molar-refractivity contribution is 0.668. The first kappa shape index (κ1) is 11.0. The lowest BCUT2D eigenvalue weighted by Gasteiger charge is -2.22. The SMILES string of the molecule is Cc1ccc(N(C)CC(N)CN)cc1. The van der Waals surface area contributed by atoms with Crippen LogP contribution in [0.5, 0.6) is 0 Å². The van der Waals surface area contributed by atoms with Gasteiger partial charge in [0, 0.05) is 31.9 Å². The van der Waals surface area contributed by atoms with Crippen molar-refractivity contribution < 1.29 is 0 Å². The summed E-state index contributed by atoms with van der Waals surface area (Å²) in [5.41, 5.74) is 13.7. The van der Waals surface area contributed by atoms with Crippen molar-refractivity contribution in [1.29, 1.82) is 0 Å². The number of nitrogens with zero attached hydrogens (tertiary/aromatic N) is 1. The van der Waals surface area contributed by atoms with Gasteiger partial charge in [-0.2, -0.15) is 0 Å². The van der Waals surface area contributed by atoms with Crippen LogP contribution >= 0.6 is 0 Å². The maximum Gasteiger partial charge on any atom is 0.0364 e. The first-order valence-corrected chi connectivity index (χ1v) is 4.87. The standard InChI is InChI=1S/C11H19N3/c1-9-3-5-11(6-4-9)14(2)8-10(13)7-12/h3-6,10H,7-8,12-13H2,1-2H3. The topological polar surface area (TPSA) is 55.3 Å². The largest absolute Gasteiger partial charge is 0.373 e. The zero-order valence-electron chi connectivity index (χ0n) is 8.90. The van der Waals surface area contributed by atoms with Gasteiger partial charge < -0.3 is 16.4 Å². The van der Waals surface area contributed by atoms with Crippen LogP contribution in [0.25, 0.3) is 0 Å². The lowest BCUT2D eigenvalue weighted by Crippen LogP contribution is -2.40. The van der Waals surface area contributed by atoms with Crippen LogP contribution in [0.1, 0.15) is 5.56 Å². The fourth-order valence-electron chi connectivity index (χ4n) is 1.33. The van der Waals surface area contributed by atoms with Crippen LogP contribution in [0.4, 0.5) is 5.69 Å². The Morgan fingerprint density at radius 3 is 2.36 bits per heavy atom. The summed E-state index contributed by atoms with van der Waals surface area (Å²) in [5, 5.41) is 0. The minimum absolute atomic E-state index is 0.0429. The van der Waals surface area contributed by atoms with E-state index in [0.717, 1.165) is 6.54 Å². The highest BCUT2D eigenvalue weighted by atomic mass is 15.1. The van der Waals surface area contributed by atoms with Crippen molar-refractivity contribution in [1.82, 2.24) is 0 Å². The predicted octanol–water partition coefficient (Wildman–Crippen LogP) is 0.717. The maximum absolute atomic E-state index is 5.77. The minimum atomic E-state index is 0.0429. The quantitative estimate of drug-likeness (QED) is 0.740. The highest BCUT2D eigenvalue weighted by molar-refractivity contribution is 5.46. The molecule has 0 aliphatic rings. The second-order valence-electron chi connectivity index (χ2n) is 3.71. The molecule has 0 saturated heterocycles. The maximum atomic E-state index is 5.77. The van der Waals surface area contributed by atoms with E-state index in [2.05, 4.69) is 36.1 Å². The Labute approximate surface area is 85.7 Å². The lowest BCUT2D eigenvalue weighted by atomic mass is 10.2. The van der Waals surface area contributed by atoms with Crippen molar-refractivity contribution in [3.8, 4) is 0 Å². The third-order valence-electron chi connectivity index (χ3n) is 2.29. The molecule has 0 amide bonds. The number of benzene rings is 1. The molecule has 0 aliphatic heterocycles. The van der Waals surface area contributed by atoms with Gasteiger partial charge >= 0.3 is 0 Å². The van der Waals surface area contributed by atoms with Crippen LogP contribution in [0.15, 0.2) is 24.3 Å². The molecule has 0 aromatic heterocycles. The molecule has 0 bridgehead atoms. The van der Waals surface area contributed by atoms with E-state index in [-0.39, 0.29) is 6.04 Å². The van der Waals surface area contributed by atoms with E-state index >= 15 is 0 Å². The third kappa shape index (κ3) is 3.01. The number of nitrogens with two attached hydrogens (primary N) is 2. The van der Waals surface area contributed by atoms with E-state index in [1.807, 2.05) is 7.05 Å². The van der Waals surface area contributed by atoms with E-state index in [1.54, 1.807) is 0 Å². The molecule has 1 aromatic rings. The zero-order chi connectivity index (χ0) is 10.6. The van der Waals surface area contributed by atoms with Gasteiger partial charge in [0.1, 0.15) is 0 Å². The second kappa shape index (κ2) is 4.98. The summed E-state index contributed by atoms with van der Waals surface area (Å²) in [5.74, 6) is 0. The molecule has 0 saturated carbocycles. The molecule has 0 aliphatic carbocycles. The molecule has 0 radical (unpaired) electrons. The molecular weight excluding hydrogens is 174 g/mol. The van der Waals surface area contributed by atoms with E-state index < -0.39 is 0 Å². The highest BCUT2D eigenvalue weighted by Crippen LogP contribution is 2.12. The van der Waals surface area contributed by atoms with Gasteiger partial charge in [0.25, 0.3) is 0 Å². The van der Waals surface area contributed by atoms with Crippen LogP contribution < -0.4 is 16.4 Å². The van der Waals surface area contributed by atoms with Gasteiger partial charge in [-0.25, -0.2) is 0 Å². The normalized spacial score (nSPS) is 12.6. The Hall–Kier alpha value is -1.06. The van der Waals surface area contributed by atoms with E-state index in [9.17, 15) is 0 Å². The van der Waals surface area contributed by atoms with Crippen molar-refractivity contribution in [2.24, 2.45) is 11.5 Å². The van der Waals surface area contributed by atoms with Crippen molar-refractivity contribution in [3.63, 3.8) is 0 Å². The van der Waals surface area contributed by atoms with Crippen LogP contribution in [0, 0.1) is 6.92 Å². The van der Waals surface area contributed by atoms with E-state index in [0.29, 0.717) is 6.54 Å². The van der Waals surface area contributed by atoms with E-state index in [1.165, 1.54) is 11.3 Å². The molecule has 0 heterocycles.